The number of hydrogen-bond donors (Lipinski definition) is 2. The molecule has 21 heavy (non-hydrogen) atoms. The Bertz CT molecular complexity index is 827. The van der Waals surface area contributed by atoms with Crippen LogP contribution in [0.3, 0.4) is 0 Å². The first-order valence-electron chi connectivity index (χ1n) is 6.06. The third kappa shape index (κ3) is 2.57. The highest BCUT2D eigenvalue weighted by atomic mass is 16.4. The molecule has 2 N–H and O–H groups in total. The molecule has 1 aromatic carbocycles. The lowest BCUT2D eigenvalue weighted by Crippen LogP contribution is -2.13. The van der Waals surface area contributed by atoms with Gasteiger partial charge in [0.2, 0.25) is 0 Å². The highest BCUT2D eigenvalue weighted by molar-refractivity contribution is 6.04. The van der Waals surface area contributed by atoms with E-state index < -0.39 is 6.09 Å². The predicted molar refractivity (Wildman–Crippen MR) is 75.3 cm³/mol. The largest absolute Gasteiger partial charge is 0.464 e. The van der Waals surface area contributed by atoms with Crippen molar-refractivity contribution in [1.82, 2.24) is 14.5 Å². The molecule has 0 spiro atoms. The van der Waals surface area contributed by atoms with Gasteiger partial charge in [0.15, 0.2) is 0 Å². The molecule has 7 heteroatoms. The van der Waals surface area contributed by atoms with E-state index in [9.17, 15) is 9.59 Å². The maximum absolute atomic E-state index is 12.0. The highest BCUT2D eigenvalue weighted by Gasteiger charge is 2.09. The molecule has 1 amide bonds. The second-order valence-corrected chi connectivity index (χ2v) is 4.34. The van der Waals surface area contributed by atoms with Gasteiger partial charge in [-0.25, -0.2) is 14.8 Å². The van der Waals surface area contributed by atoms with Crippen molar-refractivity contribution in [2.24, 2.45) is 0 Å². The lowest BCUT2D eigenvalue weighted by atomic mass is 10.2. The van der Waals surface area contributed by atoms with Crippen LogP contribution in [0, 0.1) is 0 Å². The fraction of sp³-hybridized carbons (Fsp3) is 0. The number of aromatic nitrogens is 3. The molecule has 0 aliphatic carbocycles. The van der Waals surface area contributed by atoms with Crippen molar-refractivity contribution >= 4 is 28.5 Å². The number of fused-ring (bicyclic) bond motifs is 1. The third-order valence-electron chi connectivity index (χ3n) is 2.94. The Morgan fingerprint density at radius 3 is 2.67 bits per heavy atom. The number of carbonyl (C=O) groups excluding carboxylic acids is 1. The van der Waals surface area contributed by atoms with Gasteiger partial charge in [0.1, 0.15) is 12.0 Å². The zero-order valence-corrected chi connectivity index (χ0v) is 10.7. The van der Waals surface area contributed by atoms with Crippen LogP contribution in [0.15, 0.2) is 49.2 Å². The molecule has 0 radical (unpaired) electrons. The number of carbonyl (C=O) groups is 2. The third-order valence-corrected chi connectivity index (χ3v) is 2.94. The minimum atomic E-state index is -1.06. The van der Waals surface area contributed by atoms with Gasteiger partial charge in [-0.2, -0.15) is 0 Å². The Labute approximate surface area is 118 Å². The summed E-state index contributed by atoms with van der Waals surface area (Å²) in [5.74, 6) is -0.352. The summed E-state index contributed by atoms with van der Waals surface area (Å²) in [7, 11) is 0. The van der Waals surface area contributed by atoms with E-state index in [1.54, 1.807) is 18.2 Å². The number of benzene rings is 1. The number of rotatable bonds is 2. The molecular formula is C14H10N4O3. The monoisotopic (exact) mass is 282 g/mol. The number of hydrogen-bond acceptors (Lipinski definition) is 4. The van der Waals surface area contributed by atoms with Crippen LogP contribution in [0.5, 0.6) is 0 Å². The molecule has 0 aliphatic rings. The summed E-state index contributed by atoms with van der Waals surface area (Å²) in [5, 5.41) is 13.1. The van der Waals surface area contributed by atoms with E-state index in [0.29, 0.717) is 5.69 Å². The van der Waals surface area contributed by atoms with Gasteiger partial charge < -0.3 is 10.4 Å². The van der Waals surface area contributed by atoms with Crippen molar-refractivity contribution in [2.75, 3.05) is 5.32 Å². The zero-order valence-electron chi connectivity index (χ0n) is 10.7. The minimum absolute atomic E-state index is 0.258. The van der Waals surface area contributed by atoms with Crippen molar-refractivity contribution in [3.05, 3.63) is 54.9 Å². The van der Waals surface area contributed by atoms with Crippen LogP contribution >= 0.6 is 0 Å². The second kappa shape index (κ2) is 5.04. The molecule has 0 aliphatic heterocycles. The van der Waals surface area contributed by atoms with Gasteiger partial charge in [0, 0.05) is 35.1 Å². The molecule has 2 aromatic heterocycles. The quantitative estimate of drug-likeness (QED) is 0.751. The summed E-state index contributed by atoms with van der Waals surface area (Å²) in [6, 6.07) is 6.65. The zero-order chi connectivity index (χ0) is 14.8. The minimum Gasteiger partial charge on any atom is -0.464 e. The number of nitrogens with one attached hydrogen (secondary N) is 1. The fourth-order valence-corrected chi connectivity index (χ4v) is 1.95. The Kier molecular flexibility index (Phi) is 3.07. The Morgan fingerprint density at radius 2 is 1.95 bits per heavy atom. The van der Waals surface area contributed by atoms with E-state index in [1.165, 1.54) is 31.0 Å². The van der Waals surface area contributed by atoms with Gasteiger partial charge in [-0.05, 0) is 18.2 Å². The smallest absolute Gasteiger partial charge is 0.415 e. The van der Waals surface area contributed by atoms with Gasteiger partial charge in [-0.1, -0.05) is 6.07 Å². The molecule has 0 unspecified atom stereocenters. The highest BCUT2D eigenvalue weighted by Crippen LogP contribution is 2.20. The fourth-order valence-electron chi connectivity index (χ4n) is 1.95. The molecule has 0 atom stereocenters. The Hall–Kier alpha value is -3.22. The van der Waals surface area contributed by atoms with Gasteiger partial charge in [-0.15, -0.1) is 0 Å². The summed E-state index contributed by atoms with van der Waals surface area (Å²) < 4.78 is 1.07. The van der Waals surface area contributed by atoms with Crippen LogP contribution in [0.25, 0.3) is 10.8 Å². The van der Waals surface area contributed by atoms with Crippen LogP contribution in [-0.4, -0.2) is 31.6 Å². The molecule has 0 fully saturated rings. The number of amides is 1. The average Bonchev–Trinajstić information content (AvgIpc) is 2.91. The van der Waals surface area contributed by atoms with Crippen LogP contribution < -0.4 is 5.32 Å². The van der Waals surface area contributed by atoms with Crippen molar-refractivity contribution in [2.45, 2.75) is 0 Å². The van der Waals surface area contributed by atoms with E-state index in [0.717, 1.165) is 15.3 Å². The van der Waals surface area contributed by atoms with Gasteiger partial charge in [-0.3, -0.25) is 9.36 Å². The molecule has 3 aromatic rings. The van der Waals surface area contributed by atoms with E-state index in [-0.39, 0.29) is 11.6 Å². The summed E-state index contributed by atoms with van der Waals surface area (Å²) >= 11 is 0. The summed E-state index contributed by atoms with van der Waals surface area (Å²) in [6.07, 6.45) is 4.72. The average molecular weight is 282 g/mol. The van der Waals surface area contributed by atoms with Crippen molar-refractivity contribution in [1.29, 1.82) is 0 Å². The van der Waals surface area contributed by atoms with Gasteiger partial charge >= 0.3 is 6.09 Å². The lowest BCUT2D eigenvalue weighted by molar-refractivity contribution is 0.102. The van der Waals surface area contributed by atoms with E-state index in [2.05, 4.69) is 15.3 Å². The molecular weight excluding hydrogens is 272 g/mol. The molecule has 104 valence electrons. The van der Waals surface area contributed by atoms with Crippen LogP contribution in [0.1, 0.15) is 10.5 Å². The normalized spacial score (nSPS) is 10.5. The maximum atomic E-state index is 12.0. The van der Waals surface area contributed by atoms with E-state index >= 15 is 0 Å². The molecule has 2 heterocycles. The predicted octanol–water partition coefficient (Wildman–Crippen LogP) is 2.21. The van der Waals surface area contributed by atoms with E-state index in [4.69, 9.17) is 5.11 Å². The number of carboxylic acid groups (broad SMARTS) is 1. The lowest BCUT2D eigenvalue weighted by Gasteiger charge is -2.04. The van der Waals surface area contributed by atoms with Gasteiger partial charge in [0.05, 0.1) is 0 Å². The topological polar surface area (TPSA) is 97.1 Å². The number of anilines is 1. The SMILES string of the molecule is O=C(Nc1ccc2cn(C(=O)O)cc2c1)c1ccncn1. The maximum Gasteiger partial charge on any atom is 0.415 e. The number of nitrogens with zero attached hydrogens (tertiary/aromatic N) is 3. The standard InChI is InChI=1S/C14H10N4O3/c19-13(12-3-4-15-8-16-12)17-11-2-1-9-6-18(14(20)21)7-10(9)5-11/h1-8H,(H,17,19)(H,20,21). The van der Waals surface area contributed by atoms with Crippen molar-refractivity contribution < 1.29 is 14.7 Å². The molecule has 0 saturated carbocycles. The first kappa shape index (κ1) is 12.8. The molecule has 7 nitrogen and oxygen atoms in total. The molecule has 3 rings (SSSR count). The second-order valence-electron chi connectivity index (χ2n) is 4.34. The van der Waals surface area contributed by atoms with Crippen molar-refractivity contribution in [3.63, 3.8) is 0 Å². The van der Waals surface area contributed by atoms with Gasteiger partial charge in [0.25, 0.3) is 5.91 Å². The van der Waals surface area contributed by atoms with Crippen LogP contribution in [-0.2, 0) is 0 Å². The first-order valence-corrected chi connectivity index (χ1v) is 6.06. The summed E-state index contributed by atoms with van der Waals surface area (Å²) in [5.41, 5.74) is 0.822. The van der Waals surface area contributed by atoms with Crippen molar-refractivity contribution in [3.8, 4) is 0 Å². The summed E-state index contributed by atoms with van der Waals surface area (Å²) in [4.78, 5) is 30.5. The first-order chi connectivity index (χ1) is 10.1. The van der Waals surface area contributed by atoms with Crippen LogP contribution in [0.2, 0.25) is 0 Å². The Morgan fingerprint density at radius 1 is 1.14 bits per heavy atom. The van der Waals surface area contributed by atoms with E-state index in [1.807, 2.05) is 0 Å². The Balaban J connectivity index is 1.87. The molecule has 0 saturated heterocycles. The molecule has 0 bridgehead atoms. The summed E-state index contributed by atoms with van der Waals surface area (Å²) in [6.45, 7) is 0. The van der Waals surface area contributed by atoms with Crippen LogP contribution in [0.4, 0.5) is 10.5 Å².